The second-order valence-corrected chi connectivity index (χ2v) is 6.17. The Kier molecular flexibility index (Phi) is 4.78. The maximum absolute atomic E-state index is 12.8. The number of rotatable bonds is 5. The summed E-state index contributed by atoms with van der Waals surface area (Å²) in [6.45, 7) is 2.45. The minimum Gasteiger partial charge on any atom is -0.467 e. The van der Waals surface area contributed by atoms with Gasteiger partial charge in [-0.1, -0.05) is 24.3 Å². The summed E-state index contributed by atoms with van der Waals surface area (Å²) >= 11 is 1.64. The zero-order valence-electron chi connectivity index (χ0n) is 12.8. The first-order valence-electron chi connectivity index (χ1n) is 7.42. The van der Waals surface area contributed by atoms with Crippen LogP contribution < -0.4 is 5.32 Å². The van der Waals surface area contributed by atoms with Crippen LogP contribution in [0, 0.1) is 0 Å². The van der Waals surface area contributed by atoms with Crippen LogP contribution in [0.2, 0.25) is 0 Å². The van der Waals surface area contributed by atoms with Gasteiger partial charge in [-0.25, -0.2) is 4.79 Å². The molecule has 5 heteroatoms. The molecule has 0 bridgehead atoms. The highest BCUT2D eigenvalue weighted by Crippen LogP contribution is 2.27. The van der Waals surface area contributed by atoms with Gasteiger partial charge in [-0.3, -0.25) is 0 Å². The van der Waals surface area contributed by atoms with Gasteiger partial charge in [0.1, 0.15) is 5.76 Å². The summed E-state index contributed by atoms with van der Waals surface area (Å²) in [7, 11) is 0. The highest BCUT2D eigenvalue weighted by atomic mass is 32.1. The molecule has 0 radical (unpaired) electrons. The highest BCUT2D eigenvalue weighted by molar-refractivity contribution is 7.10. The Labute approximate surface area is 139 Å². The van der Waals surface area contributed by atoms with Crippen molar-refractivity contribution in [2.45, 2.75) is 19.5 Å². The number of para-hydroxylation sites is 1. The summed E-state index contributed by atoms with van der Waals surface area (Å²) < 4.78 is 5.41. The lowest BCUT2D eigenvalue weighted by molar-refractivity contribution is 0.184. The number of urea groups is 1. The topological polar surface area (TPSA) is 45.5 Å². The predicted octanol–water partition coefficient (Wildman–Crippen LogP) is 5.14. The number of carbonyl (C=O) groups excluding carboxylic acids is 1. The number of nitrogens with one attached hydrogen (secondary N) is 1. The molecule has 0 aliphatic heterocycles. The zero-order chi connectivity index (χ0) is 16.1. The molecule has 0 fully saturated rings. The number of amides is 2. The van der Waals surface area contributed by atoms with E-state index in [1.807, 2.05) is 66.9 Å². The fourth-order valence-corrected chi connectivity index (χ4v) is 3.15. The first-order valence-corrected chi connectivity index (χ1v) is 8.30. The standard InChI is InChI=1S/C18H18N2O2S/c1-14(17-10-6-12-23-17)20(13-16-9-5-11-22-16)18(21)19-15-7-3-2-4-8-15/h2-12,14H,13H2,1H3,(H,19,21). The third-order valence-corrected chi connectivity index (χ3v) is 4.66. The van der Waals surface area contributed by atoms with Crippen molar-refractivity contribution in [3.63, 3.8) is 0 Å². The van der Waals surface area contributed by atoms with Crippen LogP contribution in [0.5, 0.6) is 0 Å². The molecule has 0 saturated heterocycles. The summed E-state index contributed by atoms with van der Waals surface area (Å²) in [5.41, 5.74) is 0.778. The number of carbonyl (C=O) groups is 1. The average Bonchev–Trinajstić information content (AvgIpc) is 3.26. The molecule has 3 aromatic rings. The number of hydrogen-bond acceptors (Lipinski definition) is 3. The third kappa shape index (κ3) is 3.81. The Bertz CT molecular complexity index is 724. The fraction of sp³-hybridized carbons (Fsp3) is 0.167. The molecule has 2 heterocycles. The first kappa shape index (κ1) is 15.4. The lowest BCUT2D eigenvalue weighted by Gasteiger charge is -2.28. The van der Waals surface area contributed by atoms with Gasteiger partial charge in [0, 0.05) is 10.6 Å². The number of hydrogen-bond donors (Lipinski definition) is 1. The Balaban J connectivity index is 1.80. The van der Waals surface area contributed by atoms with Crippen molar-refractivity contribution in [1.82, 2.24) is 4.90 Å². The molecule has 0 saturated carbocycles. The predicted molar refractivity (Wildman–Crippen MR) is 92.4 cm³/mol. The van der Waals surface area contributed by atoms with Crippen LogP contribution in [0.3, 0.4) is 0 Å². The van der Waals surface area contributed by atoms with Crippen molar-refractivity contribution in [2.24, 2.45) is 0 Å². The SMILES string of the molecule is CC(c1cccs1)N(Cc1ccco1)C(=O)Nc1ccccc1. The van der Waals surface area contributed by atoms with Crippen molar-refractivity contribution < 1.29 is 9.21 Å². The monoisotopic (exact) mass is 326 g/mol. The van der Waals surface area contributed by atoms with Crippen LogP contribution in [0.1, 0.15) is 23.6 Å². The van der Waals surface area contributed by atoms with Crippen molar-refractivity contribution >= 4 is 23.1 Å². The largest absolute Gasteiger partial charge is 0.467 e. The van der Waals surface area contributed by atoms with E-state index in [0.717, 1.165) is 16.3 Å². The molecule has 1 atom stereocenters. The normalized spacial score (nSPS) is 11.9. The summed E-state index contributed by atoms with van der Waals surface area (Å²) in [5, 5.41) is 4.97. The molecule has 23 heavy (non-hydrogen) atoms. The Hall–Kier alpha value is -2.53. The van der Waals surface area contributed by atoms with Crippen LogP contribution in [0.15, 0.2) is 70.7 Å². The zero-order valence-corrected chi connectivity index (χ0v) is 13.6. The first-order chi connectivity index (χ1) is 11.2. The molecular weight excluding hydrogens is 308 g/mol. The van der Waals surface area contributed by atoms with Gasteiger partial charge in [0.05, 0.1) is 18.8 Å². The summed E-state index contributed by atoms with van der Waals surface area (Å²) in [5.74, 6) is 0.761. The van der Waals surface area contributed by atoms with Crippen molar-refractivity contribution in [2.75, 3.05) is 5.32 Å². The molecule has 1 N–H and O–H groups in total. The van der Waals surface area contributed by atoms with Gasteiger partial charge in [0.15, 0.2) is 0 Å². The van der Waals surface area contributed by atoms with Gasteiger partial charge in [-0.05, 0) is 42.6 Å². The van der Waals surface area contributed by atoms with E-state index in [0.29, 0.717) is 6.54 Å². The molecule has 4 nitrogen and oxygen atoms in total. The summed E-state index contributed by atoms with van der Waals surface area (Å²) in [6.07, 6.45) is 1.62. The highest BCUT2D eigenvalue weighted by Gasteiger charge is 2.23. The van der Waals surface area contributed by atoms with E-state index >= 15 is 0 Å². The quantitative estimate of drug-likeness (QED) is 0.706. The minimum atomic E-state index is -0.145. The van der Waals surface area contributed by atoms with E-state index in [-0.39, 0.29) is 12.1 Å². The van der Waals surface area contributed by atoms with Crippen molar-refractivity contribution in [3.05, 3.63) is 76.9 Å². The molecule has 1 aromatic carbocycles. The smallest absolute Gasteiger partial charge is 0.322 e. The molecule has 0 aliphatic rings. The molecule has 2 aromatic heterocycles. The molecule has 118 valence electrons. The van der Waals surface area contributed by atoms with Crippen LogP contribution in [-0.2, 0) is 6.54 Å². The Morgan fingerprint density at radius 3 is 2.65 bits per heavy atom. The second-order valence-electron chi connectivity index (χ2n) is 5.19. The van der Waals surface area contributed by atoms with Gasteiger partial charge in [0.25, 0.3) is 0 Å². The van der Waals surface area contributed by atoms with Crippen LogP contribution in [0.4, 0.5) is 10.5 Å². The van der Waals surface area contributed by atoms with Gasteiger partial charge < -0.3 is 14.6 Å². The van der Waals surface area contributed by atoms with E-state index < -0.39 is 0 Å². The molecule has 3 rings (SSSR count). The molecule has 0 spiro atoms. The molecule has 0 aliphatic carbocycles. The minimum absolute atomic E-state index is 0.0381. The van der Waals surface area contributed by atoms with E-state index in [2.05, 4.69) is 5.32 Å². The average molecular weight is 326 g/mol. The number of thiophene rings is 1. The molecule has 1 unspecified atom stereocenters. The van der Waals surface area contributed by atoms with Crippen molar-refractivity contribution in [1.29, 1.82) is 0 Å². The molecule has 2 amide bonds. The Morgan fingerprint density at radius 2 is 2.00 bits per heavy atom. The van der Waals surface area contributed by atoms with Crippen molar-refractivity contribution in [3.8, 4) is 0 Å². The van der Waals surface area contributed by atoms with Gasteiger partial charge in [-0.2, -0.15) is 0 Å². The van der Waals surface area contributed by atoms with Gasteiger partial charge in [0.2, 0.25) is 0 Å². The van der Waals surface area contributed by atoms with Gasteiger partial charge in [-0.15, -0.1) is 11.3 Å². The fourth-order valence-electron chi connectivity index (χ4n) is 2.35. The lowest BCUT2D eigenvalue weighted by Crippen LogP contribution is -2.36. The Morgan fingerprint density at radius 1 is 1.17 bits per heavy atom. The van der Waals surface area contributed by atoms with Gasteiger partial charge >= 0.3 is 6.03 Å². The van der Waals surface area contributed by atoms with Crippen LogP contribution in [0.25, 0.3) is 0 Å². The van der Waals surface area contributed by atoms with Crippen LogP contribution >= 0.6 is 11.3 Å². The van der Waals surface area contributed by atoms with E-state index in [4.69, 9.17) is 4.42 Å². The lowest BCUT2D eigenvalue weighted by atomic mass is 10.2. The summed E-state index contributed by atoms with van der Waals surface area (Å²) in [6, 6.07) is 17.0. The number of anilines is 1. The number of nitrogens with zero attached hydrogens (tertiary/aromatic N) is 1. The van der Waals surface area contributed by atoms with E-state index in [1.165, 1.54) is 0 Å². The number of benzene rings is 1. The van der Waals surface area contributed by atoms with Crippen LogP contribution in [-0.4, -0.2) is 10.9 Å². The summed E-state index contributed by atoms with van der Waals surface area (Å²) in [4.78, 5) is 15.7. The molecular formula is C18H18N2O2S. The van der Waals surface area contributed by atoms with E-state index in [1.54, 1.807) is 22.5 Å². The maximum Gasteiger partial charge on any atom is 0.322 e. The maximum atomic E-state index is 12.8. The number of furan rings is 1. The van der Waals surface area contributed by atoms with E-state index in [9.17, 15) is 4.79 Å². The third-order valence-electron chi connectivity index (χ3n) is 3.61. The second kappa shape index (κ2) is 7.15.